The summed E-state index contributed by atoms with van der Waals surface area (Å²) >= 11 is 0. The fourth-order valence-electron chi connectivity index (χ4n) is 3.13. The number of benzene rings is 2. The summed E-state index contributed by atoms with van der Waals surface area (Å²) in [6.07, 6.45) is 1.72. The molecular formula is C19H22O4. The SMILES string of the molecule is Oc1ccc2cc1-c1cc(ccc1O)CC[C@@H](O)C[C@H](O)CC2. The Morgan fingerprint density at radius 2 is 1.13 bits per heavy atom. The quantitative estimate of drug-likeness (QED) is 0.603. The van der Waals surface area contributed by atoms with Gasteiger partial charge in [-0.05, 0) is 67.5 Å². The van der Waals surface area contributed by atoms with E-state index in [4.69, 9.17) is 0 Å². The van der Waals surface area contributed by atoms with Crippen LogP contribution >= 0.6 is 0 Å². The third kappa shape index (κ3) is 3.66. The van der Waals surface area contributed by atoms with Crippen LogP contribution in [0.5, 0.6) is 11.5 Å². The number of aliphatic hydroxyl groups is 2. The molecule has 0 saturated heterocycles. The number of hydrogen-bond acceptors (Lipinski definition) is 4. The minimum absolute atomic E-state index is 0.122. The standard InChI is InChI=1S/C19H22O4/c20-14-5-1-12-3-7-18(22)16(9-12)17-10-13(4-8-19(17)23)2-6-15(21)11-14/h3-4,7-10,14-15,20-23H,1-2,5-6,11H2/t14-,15-/m1/s1. The fourth-order valence-corrected chi connectivity index (χ4v) is 3.13. The number of phenolic OH excluding ortho intramolecular Hbond substituents is 2. The zero-order valence-corrected chi connectivity index (χ0v) is 12.9. The van der Waals surface area contributed by atoms with E-state index in [1.807, 2.05) is 24.3 Å². The molecule has 2 atom stereocenters. The van der Waals surface area contributed by atoms with Crippen molar-refractivity contribution in [1.82, 2.24) is 0 Å². The van der Waals surface area contributed by atoms with Crippen molar-refractivity contribution < 1.29 is 20.4 Å². The van der Waals surface area contributed by atoms with E-state index in [-0.39, 0.29) is 11.5 Å². The molecule has 1 aliphatic carbocycles. The predicted octanol–water partition coefficient (Wildman–Crippen LogP) is 2.76. The molecule has 2 aromatic carbocycles. The predicted molar refractivity (Wildman–Crippen MR) is 88.5 cm³/mol. The number of hydrogen-bond donors (Lipinski definition) is 4. The molecule has 0 aromatic heterocycles. The molecule has 0 radical (unpaired) electrons. The average molecular weight is 314 g/mol. The average Bonchev–Trinajstić information content (AvgIpc) is 2.53. The van der Waals surface area contributed by atoms with Gasteiger partial charge in [0.1, 0.15) is 11.5 Å². The number of phenols is 2. The van der Waals surface area contributed by atoms with Crippen molar-refractivity contribution in [3.63, 3.8) is 0 Å². The van der Waals surface area contributed by atoms with Gasteiger partial charge in [-0.1, -0.05) is 12.1 Å². The Labute approximate surface area is 135 Å². The highest BCUT2D eigenvalue weighted by Crippen LogP contribution is 2.37. The third-order valence-electron chi connectivity index (χ3n) is 4.49. The minimum atomic E-state index is -0.542. The van der Waals surface area contributed by atoms with Gasteiger partial charge in [0, 0.05) is 11.1 Å². The highest BCUT2D eigenvalue weighted by Gasteiger charge is 2.16. The summed E-state index contributed by atoms with van der Waals surface area (Å²) in [7, 11) is 0. The van der Waals surface area contributed by atoms with Crippen LogP contribution in [0.1, 0.15) is 30.4 Å². The fraction of sp³-hybridized carbons (Fsp3) is 0.368. The van der Waals surface area contributed by atoms with E-state index in [2.05, 4.69) is 0 Å². The molecule has 4 bridgehead atoms. The van der Waals surface area contributed by atoms with Crippen LogP contribution in [-0.4, -0.2) is 32.6 Å². The van der Waals surface area contributed by atoms with Crippen LogP contribution in [0, 0.1) is 0 Å². The van der Waals surface area contributed by atoms with Crippen LogP contribution in [0.3, 0.4) is 0 Å². The molecule has 4 N–H and O–H groups in total. The van der Waals surface area contributed by atoms with Crippen LogP contribution < -0.4 is 0 Å². The highest BCUT2D eigenvalue weighted by molar-refractivity contribution is 5.76. The Hall–Kier alpha value is -2.04. The maximum atomic E-state index is 10.2. The van der Waals surface area contributed by atoms with Crippen molar-refractivity contribution >= 4 is 0 Å². The molecule has 122 valence electrons. The molecule has 2 aromatic rings. The molecule has 0 unspecified atom stereocenters. The number of aliphatic hydroxyl groups excluding tert-OH is 2. The Morgan fingerprint density at radius 1 is 0.696 bits per heavy atom. The van der Waals surface area contributed by atoms with E-state index in [1.54, 1.807) is 12.1 Å². The minimum Gasteiger partial charge on any atom is -0.507 e. The molecule has 0 heterocycles. The number of rotatable bonds is 0. The summed E-state index contributed by atoms with van der Waals surface area (Å²) in [6, 6.07) is 10.6. The Bertz CT molecular complexity index is 636. The summed E-state index contributed by atoms with van der Waals surface area (Å²) in [5, 5.41) is 40.5. The number of fused-ring (bicyclic) bond motifs is 5. The van der Waals surface area contributed by atoms with Gasteiger partial charge in [-0.15, -0.1) is 0 Å². The lowest BCUT2D eigenvalue weighted by Crippen LogP contribution is -2.19. The van der Waals surface area contributed by atoms with Crippen LogP contribution in [0.15, 0.2) is 36.4 Å². The van der Waals surface area contributed by atoms with Gasteiger partial charge in [0.25, 0.3) is 0 Å². The van der Waals surface area contributed by atoms with Gasteiger partial charge >= 0.3 is 0 Å². The maximum Gasteiger partial charge on any atom is 0.123 e. The van der Waals surface area contributed by atoms with Crippen LogP contribution in [0.2, 0.25) is 0 Å². The first-order chi connectivity index (χ1) is 11.0. The molecule has 4 heteroatoms. The monoisotopic (exact) mass is 314 g/mol. The van der Waals surface area contributed by atoms with Crippen molar-refractivity contribution in [2.24, 2.45) is 0 Å². The highest BCUT2D eigenvalue weighted by atomic mass is 16.3. The van der Waals surface area contributed by atoms with Crippen molar-refractivity contribution in [1.29, 1.82) is 0 Å². The summed E-state index contributed by atoms with van der Waals surface area (Å²) in [4.78, 5) is 0. The lowest BCUT2D eigenvalue weighted by molar-refractivity contribution is 0.0714. The van der Waals surface area contributed by atoms with Crippen molar-refractivity contribution in [3.8, 4) is 22.6 Å². The van der Waals surface area contributed by atoms with Gasteiger partial charge in [-0.3, -0.25) is 0 Å². The summed E-state index contributed by atoms with van der Waals surface area (Å²) < 4.78 is 0. The Kier molecular flexibility index (Phi) is 4.55. The molecule has 4 nitrogen and oxygen atoms in total. The Morgan fingerprint density at radius 3 is 1.57 bits per heavy atom. The summed E-state index contributed by atoms with van der Waals surface area (Å²) in [5.74, 6) is 0.244. The van der Waals surface area contributed by atoms with E-state index in [0.717, 1.165) is 11.1 Å². The molecule has 0 spiro atoms. The van der Waals surface area contributed by atoms with E-state index >= 15 is 0 Å². The smallest absolute Gasteiger partial charge is 0.123 e. The van der Waals surface area contributed by atoms with Gasteiger partial charge in [-0.2, -0.15) is 0 Å². The Balaban J connectivity index is 2.07. The number of aromatic hydroxyl groups is 2. The molecular weight excluding hydrogens is 292 g/mol. The lowest BCUT2D eigenvalue weighted by Gasteiger charge is -2.15. The molecule has 3 rings (SSSR count). The van der Waals surface area contributed by atoms with Crippen LogP contribution in [0.4, 0.5) is 0 Å². The third-order valence-corrected chi connectivity index (χ3v) is 4.49. The summed E-state index contributed by atoms with van der Waals surface area (Å²) in [6.45, 7) is 0. The van der Waals surface area contributed by atoms with Crippen LogP contribution in [-0.2, 0) is 12.8 Å². The van der Waals surface area contributed by atoms with E-state index in [1.165, 1.54) is 0 Å². The van der Waals surface area contributed by atoms with E-state index < -0.39 is 12.2 Å². The molecule has 0 saturated carbocycles. The van der Waals surface area contributed by atoms with Crippen LogP contribution in [0.25, 0.3) is 11.1 Å². The van der Waals surface area contributed by atoms with Crippen molar-refractivity contribution in [2.75, 3.05) is 0 Å². The van der Waals surface area contributed by atoms with E-state index in [9.17, 15) is 20.4 Å². The van der Waals surface area contributed by atoms with Gasteiger partial charge in [0.2, 0.25) is 0 Å². The van der Waals surface area contributed by atoms with Crippen molar-refractivity contribution in [3.05, 3.63) is 47.5 Å². The molecule has 1 aliphatic rings. The second-order valence-corrected chi connectivity index (χ2v) is 6.32. The van der Waals surface area contributed by atoms with Gasteiger partial charge in [-0.25, -0.2) is 0 Å². The summed E-state index contributed by atoms with van der Waals surface area (Å²) in [5.41, 5.74) is 3.15. The van der Waals surface area contributed by atoms with Crippen molar-refractivity contribution in [2.45, 2.75) is 44.3 Å². The second kappa shape index (κ2) is 6.60. The van der Waals surface area contributed by atoms with E-state index in [0.29, 0.717) is 43.2 Å². The lowest BCUT2D eigenvalue weighted by atomic mass is 9.96. The molecule has 0 fully saturated rings. The molecule has 23 heavy (non-hydrogen) atoms. The number of aryl methyl sites for hydroxylation is 2. The molecule has 0 aliphatic heterocycles. The topological polar surface area (TPSA) is 80.9 Å². The normalized spacial score (nSPS) is 21.8. The largest absolute Gasteiger partial charge is 0.507 e. The zero-order valence-electron chi connectivity index (χ0n) is 12.9. The first kappa shape index (κ1) is 15.8. The second-order valence-electron chi connectivity index (χ2n) is 6.32. The van der Waals surface area contributed by atoms with Gasteiger partial charge in [0.15, 0.2) is 0 Å². The first-order valence-corrected chi connectivity index (χ1v) is 8.03. The first-order valence-electron chi connectivity index (χ1n) is 8.03. The van der Waals surface area contributed by atoms with Gasteiger partial charge in [0.05, 0.1) is 12.2 Å². The zero-order chi connectivity index (χ0) is 16.4. The molecule has 0 amide bonds. The van der Waals surface area contributed by atoms with Gasteiger partial charge < -0.3 is 20.4 Å². The maximum absolute atomic E-state index is 10.2.